The molecule has 0 spiro atoms. The zero-order valence-electron chi connectivity index (χ0n) is 14.6. The van der Waals surface area contributed by atoms with E-state index < -0.39 is 5.97 Å². The number of carbonyl (C=O) groups is 1. The van der Waals surface area contributed by atoms with Gasteiger partial charge in [-0.25, -0.2) is 0 Å². The van der Waals surface area contributed by atoms with Crippen molar-refractivity contribution in [3.8, 4) is 0 Å². The lowest BCUT2D eigenvalue weighted by atomic mass is 10.1. The number of hydrogen-bond acceptors (Lipinski definition) is 3. The fourth-order valence-corrected chi connectivity index (χ4v) is 2.35. The van der Waals surface area contributed by atoms with Crippen LogP contribution in [0.1, 0.15) is 96.8 Å². The van der Waals surface area contributed by atoms with Crippen molar-refractivity contribution >= 4 is 5.97 Å². The van der Waals surface area contributed by atoms with Gasteiger partial charge in [0.05, 0.1) is 0 Å². The Hall–Kier alpha value is -0.870. The van der Waals surface area contributed by atoms with E-state index in [1.807, 2.05) is 0 Å². The van der Waals surface area contributed by atoms with Gasteiger partial charge in [-0.2, -0.15) is 0 Å². The van der Waals surface area contributed by atoms with Crippen LogP contribution in [0.3, 0.4) is 0 Å². The van der Waals surface area contributed by atoms with Gasteiger partial charge >= 0.3 is 5.97 Å². The molecule has 0 unspecified atom stereocenters. The second-order valence-electron chi connectivity index (χ2n) is 5.73. The number of carboxylic acid groups (broad SMARTS) is 1. The Balaban J connectivity index is 0. The first kappa shape index (κ1) is 23.4. The summed E-state index contributed by atoms with van der Waals surface area (Å²) in [6.07, 6.45) is 21.2. The lowest BCUT2D eigenvalue weighted by molar-refractivity contribution is -0.137. The summed E-state index contributed by atoms with van der Waals surface area (Å²) in [4.78, 5) is 10.3. The lowest BCUT2D eigenvalue weighted by Crippen LogP contribution is -2.02. The monoisotopic (exact) mass is 314 g/mol. The summed E-state index contributed by atoms with van der Waals surface area (Å²) in [6, 6.07) is 0. The number of aliphatic carboxylic acids is 1. The third-order valence-electron chi connectivity index (χ3n) is 3.65. The van der Waals surface area contributed by atoms with Crippen LogP contribution < -0.4 is 11.7 Å². The Morgan fingerprint density at radius 3 is 1.64 bits per heavy atom. The molecule has 0 amide bonds. The van der Waals surface area contributed by atoms with Crippen molar-refractivity contribution in [2.24, 2.45) is 11.7 Å². The van der Waals surface area contributed by atoms with E-state index in [9.17, 15) is 4.79 Å². The molecule has 0 saturated heterocycles. The predicted molar refractivity (Wildman–Crippen MR) is 95.5 cm³/mol. The average molecular weight is 315 g/mol. The van der Waals surface area contributed by atoms with E-state index in [4.69, 9.17) is 5.11 Å². The van der Waals surface area contributed by atoms with Crippen molar-refractivity contribution in [3.63, 3.8) is 0 Å². The number of rotatable bonds is 15. The fourth-order valence-electron chi connectivity index (χ4n) is 2.35. The van der Waals surface area contributed by atoms with Gasteiger partial charge in [0.25, 0.3) is 0 Å². The van der Waals surface area contributed by atoms with Crippen LogP contribution in [0.4, 0.5) is 0 Å². The first-order chi connectivity index (χ1) is 10.8. The average Bonchev–Trinajstić information content (AvgIpc) is 2.53. The summed E-state index contributed by atoms with van der Waals surface area (Å²) in [5, 5.41) is 8.51. The molecule has 0 bridgehead atoms. The first-order valence-electron chi connectivity index (χ1n) is 8.97. The van der Waals surface area contributed by atoms with Crippen molar-refractivity contribution in [1.82, 2.24) is 0 Å². The van der Waals surface area contributed by atoms with Crippen molar-refractivity contribution < 1.29 is 9.90 Å². The molecule has 0 fully saturated rings. The van der Waals surface area contributed by atoms with Crippen molar-refractivity contribution in [2.75, 3.05) is 0 Å². The highest BCUT2D eigenvalue weighted by Gasteiger charge is 1.95. The molecular weight excluding hydrogens is 276 g/mol. The SMILES string of the molecule is CCCCCCCCC=CCCCCCCCC(=O)O.NN. The number of hydrazine groups is 1. The van der Waals surface area contributed by atoms with Crippen molar-refractivity contribution in [2.45, 2.75) is 96.8 Å². The van der Waals surface area contributed by atoms with Gasteiger partial charge < -0.3 is 5.11 Å². The number of nitrogens with two attached hydrogens (primary N) is 2. The molecular formula is C18H38N2O2. The smallest absolute Gasteiger partial charge is 0.303 e. The summed E-state index contributed by atoms with van der Waals surface area (Å²) < 4.78 is 0. The van der Waals surface area contributed by atoms with E-state index in [2.05, 4.69) is 30.8 Å². The molecule has 0 aliphatic heterocycles. The molecule has 0 atom stereocenters. The normalized spacial score (nSPS) is 10.5. The third kappa shape index (κ3) is 24.2. The van der Waals surface area contributed by atoms with E-state index in [1.54, 1.807) is 0 Å². The minimum atomic E-state index is -0.664. The highest BCUT2D eigenvalue weighted by Crippen LogP contribution is 2.09. The van der Waals surface area contributed by atoms with Crippen molar-refractivity contribution in [1.29, 1.82) is 0 Å². The van der Waals surface area contributed by atoms with Gasteiger partial charge in [0.2, 0.25) is 0 Å². The summed E-state index contributed by atoms with van der Waals surface area (Å²) in [7, 11) is 0. The molecule has 5 N–H and O–H groups in total. The summed E-state index contributed by atoms with van der Waals surface area (Å²) in [5.41, 5.74) is 0. The van der Waals surface area contributed by atoms with Crippen LogP contribution in [0.5, 0.6) is 0 Å². The van der Waals surface area contributed by atoms with Gasteiger partial charge in [-0.1, -0.05) is 70.4 Å². The van der Waals surface area contributed by atoms with E-state index in [0.717, 1.165) is 12.8 Å². The van der Waals surface area contributed by atoms with Gasteiger partial charge in [-0.05, 0) is 32.1 Å². The quantitative estimate of drug-likeness (QED) is 0.173. The second-order valence-corrected chi connectivity index (χ2v) is 5.73. The molecule has 0 aromatic carbocycles. The van der Waals surface area contributed by atoms with Crippen LogP contribution in [0.25, 0.3) is 0 Å². The molecule has 0 heterocycles. The van der Waals surface area contributed by atoms with Crippen LogP contribution in [-0.2, 0) is 4.79 Å². The predicted octanol–water partition coefficient (Wildman–Crippen LogP) is 4.93. The number of allylic oxidation sites excluding steroid dienone is 2. The fraction of sp³-hybridized carbons (Fsp3) is 0.833. The Morgan fingerprint density at radius 2 is 1.18 bits per heavy atom. The van der Waals surface area contributed by atoms with Gasteiger partial charge in [0.15, 0.2) is 0 Å². The van der Waals surface area contributed by atoms with Crippen LogP contribution in [-0.4, -0.2) is 11.1 Å². The van der Waals surface area contributed by atoms with E-state index in [-0.39, 0.29) is 0 Å². The maximum atomic E-state index is 10.3. The standard InChI is InChI=1S/C18H34O2.H4N2/c1-2-3-4-5-6-7-8-9-10-11-12-13-14-15-16-17-18(19)20;1-2/h9-10H,2-8,11-17H2,1H3,(H,19,20);1-2H2. The lowest BCUT2D eigenvalue weighted by Gasteiger charge is -1.99. The van der Waals surface area contributed by atoms with Crippen LogP contribution in [0, 0.1) is 0 Å². The molecule has 4 nitrogen and oxygen atoms in total. The van der Waals surface area contributed by atoms with Gasteiger partial charge in [-0.3, -0.25) is 16.5 Å². The topological polar surface area (TPSA) is 89.3 Å². The molecule has 0 rings (SSSR count). The molecule has 0 aliphatic rings. The maximum Gasteiger partial charge on any atom is 0.303 e. The minimum Gasteiger partial charge on any atom is -0.481 e. The molecule has 0 aromatic heterocycles. The van der Waals surface area contributed by atoms with Crippen LogP contribution in [0.2, 0.25) is 0 Å². The Labute approximate surface area is 137 Å². The molecule has 4 heteroatoms. The minimum absolute atomic E-state index is 0.332. The van der Waals surface area contributed by atoms with E-state index in [1.165, 1.54) is 70.6 Å². The third-order valence-corrected chi connectivity index (χ3v) is 3.65. The highest BCUT2D eigenvalue weighted by atomic mass is 16.4. The molecule has 22 heavy (non-hydrogen) atoms. The number of hydrogen-bond donors (Lipinski definition) is 3. The van der Waals surface area contributed by atoms with Crippen molar-refractivity contribution in [3.05, 3.63) is 12.2 Å². The summed E-state index contributed by atoms with van der Waals surface area (Å²) in [6.45, 7) is 2.26. The molecule has 132 valence electrons. The largest absolute Gasteiger partial charge is 0.481 e. The summed E-state index contributed by atoms with van der Waals surface area (Å²) >= 11 is 0. The van der Waals surface area contributed by atoms with Gasteiger partial charge in [0, 0.05) is 6.42 Å². The molecule has 0 saturated carbocycles. The van der Waals surface area contributed by atoms with Crippen LogP contribution in [0.15, 0.2) is 12.2 Å². The van der Waals surface area contributed by atoms with Gasteiger partial charge in [-0.15, -0.1) is 0 Å². The molecule has 0 aliphatic carbocycles. The number of unbranched alkanes of at least 4 members (excludes halogenated alkanes) is 11. The van der Waals surface area contributed by atoms with Crippen LogP contribution >= 0.6 is 0 Å². The van der Waals surface area contributed by atoms with E-state index >= 15 is 0 Å². The zero-order chi connectivity index (χ0) is 16.9. The Bertz CT molecular complexity index is 243. The Kier molecular flexibility index (Phi) is 23.8. The van der Waals surface area contributed by atoms with Gasteiger partial charge in [0.1, 0.15) is 0 Å². The molecule has 0 radical (unpaired) electrons. The molecule has 0 aromatic rings. The highest BCUT2D eigenvalue weighted by molar-refractivity contribution is 5.66. The zero-order valence-corrected chi connectivity index (χ0v) is 14.6. The number of carboxylic acids is 1. The summed E-state index contributed by atoms with van der Waals surface area (Å²) in [5.74, 6) is 7.34. The maximum absolute atomic E-state index is 10.3. The van der Waals surface area contributed by atoms with E-state index in [0.29, 0.717) is 6.42 Å². The Morgan fingerprint density at radius 1 is 0.773 bits per heavy atom. The second kappa shape index (κ2) is 22.4. The first-order valence-corrected chi connectivity index (χ1v) is 8.97.